The van der Waals surface area contributed by atoms with Gasteiger partial charge in [0, 0.05) is 6.20 Å². The highest BCUT2D eigenvalue weighted by atomic mass is 19.1. The number of pyridine rings is 1. The van der Waals surface area contributed by atoms with Crippen LogP contribution >= 0.6 is 0 Å². The molecule has 1 aromatic heterocycles. The zero-order chi connectivity index (χ0) is 12.3. The molecule has 0 aliphatic heterocycles. The summed E-state index contributed by atoms with van der Waals surface area (Å²) in [6.07, 6.45) is 3.10. The maximum Gasteiger partial charge on any atom is 0.0897 e. The molecule has 3 nitrogen and oxygen atoms in total. The third-order valence-corrected chi connectivity index (χ3v) is 1.33. The first-order chi connectivity index (χ1) is 7.24. The average molecular weight is 211 g/mol. The second-order valence-corrected chi connectivity index (χ2v) is 2.32. The van der Waals surface area contributed by atoms with Crippen molar-refractivity contribution in [3.8, 4) is 0 Å². The number of hydrogen-bond acceptors (Lipinski definition) is 3. The molecule has 0 spiro atoms. The number of hydrogen-bond donors (Lipinski definition) is 1. The summed E-state index contributed by atoms with van der Waals surface area (Å²) < 4.78 is 9.50. The Morgan fingerprint density at radius 2 is 2.00 bits per heavy atom. The van der Waals surface area contributed by atoms with E-state index in [4.69, 9.17) is 5.53 Å². The van der Waals surface area contributed by atoms with Gasteiger partial charge in [-0.05, 0) is 23.8 Å². The van der Waals surface area contributed by atoms with E-state index >= 15 is 0 Å². The minimum absolute atomic E-state index is 0.500. The molecule has 0 bridgehead atoms. The number of aryl methyl sites for hydroxylation is 1. The SMILES string of the molecule is C=c1cc(C)cn/c1=C/N=N.CC.CF. The summed E-state index contributed by atoms with van der Waals surface area (Å²) in [4.78, 5) is 4.04. The smallest absolute Gasteiger partial charge is 0.0897 e. The van der Waals surface area contributed by atoms with Crippen molar-refractivity contribution in [1.29, 1.82) is 5.53 Å². The van der Waals surface area contributed by atoms with Crippen molar-refractivity contribution in [3.63, 3.8) is 0 Å². The van der Waals surface area contributed by atoms with Crippen molar-refractivity contribution in [3.05, 3.63) is 28.4 Å². The van der Waals surface area contributed by atoms with Crippen LogP contribution in [0.25, 0.3) is 12.8 Å². The molecule has 0 saturated carbocycles. The largest absolute Gasteiger partial charge is 0.255 e. The second-order valence-electron chi connectivity index (χ2n) is 2.32. The first kappa shape index (κ1) is 15.9. The molecule has 1 aromatic rings. The molecule has 0 aromatic carbocycles. The van der Waals surface area contributed by atoms with E-state index < -0.39 is 0 Å². The topological polar surface area (TPSA) is 49.1 Å². The van der Waals surface area contributed by atoms with Crippen LogP contribution < -0.4 is 10.6 Å². The highest BCUT2D eigenvalue weighted by Crippen LogP contribution is 1.81. The van der Waals surface area contributed by atoms with Crippen molar-refractivity contribution in [1.82, 2.24) is 4.98 Å². The molecule has 0 aliphatic carbocycles. The number of rotatable bonds is 1. The lowest BCUT2D eigenvalue weighted by Gasteiger charge is -1.89. The summed E-state index contributed by atoms with van der Waals surface area (Å²) in [7, 11) is 0.500. The van der Waals surface area contributed by atoms with E-state index in [1.807, 2.05) is 26.8 Å². The molecule has 4 heteroatoms. The van der Waals surface area contributed by atoms with Gasteiger partial charge >= 0.3 is 0 Å². The summed E-state index contributed by atoms with van der Waals surface area (Å²) in [5, 5.41) is 4.58. The molecule has 0 aliphatic rings. The number of halogens is 1. The predicted molar refractivity (Wildman–Crippen MR) is 61.7 cm³/mol. The Balaban J connectivity index is 0. The Morgan fingerprint density at radius 1 is 1.47 bits per heavy atom. The van der Waals surface area contributed by atoms with Crippen LogP contribution in [0.5, 0.6) is 0 Å². The lowest BCUT2D eigenvalue weighted by molar-refractivity contribution is 0.636. The lowest BCUT2D eigenvalue weighted by Crippen LogP contribution is -2.26. The Kier molecular flexibility index (Phi) is 11.1. The van der Waals surface area contributed by atoms with E-state index in [0.29, 0.717) is 12.5 Å². The van der Waals surface area contributed by atoms with Crippen LogP contribution in [0, 0.1) is 12.5 Å². The molecule has 84 valence electrons. The normalized spacial score (nSPS) is 9.27. The van der Waals surface area contributed by atoms with Gasteiger partial charge in [-0.25, -0.2) is 5.53 Å². The van der Waals surface area contributed by atoms with Crippen LogP contribution in [0.4, 0.5) is 4.39 Å². The van der Waals surface area contributed by atoms with E-state index in [9.17, 15) is 4.39 Å². The maximum absolute atomic E-state index is 9.50. The van der Waals surface area contributed by atoms with Crippen LogP contribution in [-0.4, -0.2) is 12.2 Å². The van der Waals surface area contributed by atoms with E-state index in [0.717, 1.165) is 10.8 Å². The number of nitrogens with zero attached hydrogens (tertiary/aromatic N) is 2. The van der Waals surface area contributed by atoms with E-state index in [1.54, 1.807) is 6.20 Å². The van der Waals surface area contributed by atoms with Crippen molar-refractivity contribution in [2.45, 2.75) is 20.8 Å². The van der Waals surface area contributed by atoms with Gasteiger partial charge in [0.15, 0.2) is 0 Å². The highest BCUT2D eigenvalue weighted by Gasteiger charge is 1.84. The zero-order valence-electron chi connectivity index (χ0n) is 9.71. The Morgan fingerprint density at radius 3 is 2.40 bits per heavy atom. The third-order valence-electron chi connectivity index (χ3n) is 1.33. The zero-order valence-corrected chi connectivity index (χ0v) is 9.71. The molecular weight excluding hydrogens is 193 g/mol. The van der Waals surface area contributed by atoms with Gasteiger partial charge in [-0.1, -0.05) is 20.4 Å². The average Bonchev–Trinajstić information content (AvgIpc) is 2.28. The molecule has 0 atom stereocenters. The van der Waals surface area contributed by atoms with Crippen molar-refractivity contribution < 1.29 is 4.39 Å². The fourth-order valence-corrected chi connectivity index (χ4v) is 0.818. The van der Waals surface area contributed by atoms with Gasteiger partial charge in [0.2, 0.25) is 0 Å². The molecule has 0 radical (unpaired) electrons. The van der Waals surface area contributed by atoms with Gasteiger partial charge in [-0.3, -0.25) is 9.37 Å². The minimum Gasteiger partial charge on any atom is -0.255 e. The van der Waals surface area contributed by atoms with E-state index in [1.165, 1.54) is 6.20 Å². The van der Waals surface area contributed by atoms with Crippen molar-refractivity contribution in [2.75, 3.05) is 7.18 Å². The van der Waals surface area contributed by atoms with Crippen LogP contribution in [0.1, 0.15) is 19.4 Å². The third kappa shape index (κ3) is 6.49. The molecule has 0 amide bonds. The number of alkyl halides is 1. The number of nitrogens with one attached hydrogen (secondary N) is 1. The fourth-order valence-electron chi connectivity index (χ4n) is 0.818. The van der Waals surface area contributed by atoms with Crippen LogP contribution in [0.2, 0.25) is 0 Å². The first-order valence-electron chi connectivity index (χ1n) is 4.60. The van der Waals surface area contributed by atoms with Crippen LogP contribution in [0.15, 0.2) is 17.4 Å². The summed E-state index contributed by atoms with van der Waals surface area (Å²) in [5.74, 6) is 0. The van der Waals surface area contributed by atoms with Crippen LogP contribution in [0.3, 0.4) is 0 Å². The monoisotopic (exact) mass is 211 g/mol. The van der Waals surface area contributed by atoms with Gasteiger partial charge in [0.05, 0.1) is 18.7 Å². The number of aromatic nitrogens is 1. The van der Waals surface area contributed by atoms with Crippen LogP contribution in [-0.2, 0) is 0 Å². The molecule has 1 rings (SSSR count). The summed E-state index contributed by atoms with van der Waals surface area (Å²) in [5.41, 5.74) is 7.66. The summed E-state index contributed by atoms with van der Waals surface area (Å²) in [6, 6.07) is 1.91. The predicted octanol–water partition coefficient (Wildman–Crippen LogP) is 2.18. The van der Waals surface area contributed by atoms with E-state index in [2.05, 4.69) is 16.7 Å². The maximum atomic E-state index is 9.50. The molecule has 0 saturated heterocycles. The Labute approximate surface area is 89.9 Å². The van der Waals surface area contributed by atoms with Crippen molar-refractivity contribution >= 4 is 12.8 Å². The first-order valence-corrected chi connectivity index (χ1v) is 4.60. The quantitative estimate of drug-likeness (QED) is 0.711. The lowest BCUT2D eigenvalue weighted by atomic mass is 10.3. The Hall–Kier alpha value is -1.58. The van der Waals surface area contributed by atoms with Gasteiger partial charge < -0.3 is 0 Å². The summed E-state index contributed by atoms with van der Waals surface area (Å²) in [6.45, 7) is 9.71. The van der Waals surface area contributed by atoms with Gasteiger partial charge in [0.1, 0.15) is 0 Å². The highest BCUT2D eigenvalue weighted by molar-refractivity contribution is 5.21. The summed E-state index contributed by atoms with van der Waals surface area (Å²) >= 11 is 0. The van der Waals surface area contributed by atoms with Gasteiger partial charge in [-0.15, -0.1) is 0 Å². The molecule has 0 unspecified atom stereocenters. The second kappa shape index (κ2) is 10.5. The van der Waals surface area contributed by atoms with Gasteiger partial charge in [0.25, 0.3) is 0 Å². The molecular formula is C11H18FN3. The van der Waals surface area contributed by atoms with E-state index in [-0.39, 0.29) is 0 Å². The standard InChI is InChI=1S/C8H9N3.C2H6.CH3F/c1-6-3-7(2)8(5-11-9)10-4-6;2*1-2/h3-5,9H,2H2,1H3;1-2H3;1H3/b8-5+,11-9?;;. The minimum atomic E-state index is 0.500. The van der Waals surface area contributed by atoms with Gasteiger partial charge in [-0.2, -0.15) is 5.11 Å². The molecule has 15 heavy (non-hydrogen) atoms. The Bertz CT molecular complexity index is 374. The molecule has 1 N–H and O–H groups in total. The fraction of sp³-hybridized carbons (Fsp3) is 0.364. The molecule has 1 heterocycles. The molecule has 0 fully saturated rings. The van der Waals surface area contributed by atoms with Crippen molar-refractivity contribution in [2.24, 2.45) is 5.11 Å².